The Labute approximate surface area is 122 Å². The number of hydrogen-bond acceptors (Lipinski definition) is 4. The molecule has 0 saturated heterocycles. The Morgan fingerprint density at radius 1 is 1.24 bits per heavy atom. The van der Waals surface area contributed by atoms with Gasteiger partial charge in [0.15, 0.2) is 0 Å². The number of anilines is 1. The molecule has 2 aromatic rings. The van der Waals surface area contributed by atoms with E-state index in [4.69, 9.17) is 15.9 Å². The van der Waals surface area contributed by atoms with Crippen molar-refractivity contribution >= 4 is 17.5 Å². The van der Waals surface area contributed by atoms with Gasteiger partial charge >= 0.3 is 0 Å². The molecule has 1 heterocycles. The summed E-state index contributed by atoms with van der Waals surface area (Å²) >= 11 is 0. The van der Waals surface area contributed by atoms with Gasteiger partial charge < -0.3 is 20.8 Å². The Bertz CT molecular complexity index is 646. The minimum Gasteiger partial charge on any atom is -0.469 e. The normalized spacial score (nSPS) is 10.3. The standard InChI is InChI=1S/C15H17N3O3/c1-10-6-12(9-21-10)15(20)18(8-14(17)19)7-11-2-4-13(16)5-3-11/h2-6,9H,7-8,16H2,1H3,(H2,17,19). The maximum Gasteiger partial charge on any atom is 0.257 e. The molecular weight excluding hydrogens is 270 g/mol. The van der Waals surface area contributed by atoms with Gasteiger partial charge in [-0.15, -0.1) is 0 Å². The van der Waals surface area contributed by atoms with Gasteiger partial charge in [-0.1, -0.05) is 12.1 Å². The van der Waals surface area contributed by atoms with Crippen LogP contribution in [0.1, 0.15) is 21.7 Å². The Hall–Kier alpha value is -2.76. The van der Waals surface area contributed by atoms with Gasteiger partial charge in [-0.25, -0.2) is 0 Å². The molecule has 0 aliphatic carbocycles. The molecule has 0 saturated carbocycles. The minimum absolute atomic E-state index is 0.159. The fourth-order valence-corrected chi connectivity index (χ4v) is 1.97. The molecule has 0 spiro atoms. The SMILES string of the molecule is Cc1cc(C(=O)N(CC(N)=O)Cc2ccc(N)cc2)co1. The minimum atomic E-state index is -0.570. The lowest BCUT2D eigenvalue weighted by Gasteiger charge is -2.20. The van der Waals surface area contributed by atoms with Crippen LogP contribution in [0.5, 0.6) is 0 Å². The average Bonchev–Trinajstić information content (AvgIpc) is 2.86. The molecule has 0 atom stereocenters. The third kappa shape index (κ3) is 3.85. The van der Waals surface area contributed by atoms with Crippen molar-refractivity contribution in [2.24, 2.45) is 5.73 Å². The molecule has 6 nitrogen and oxygen atoms in total. The molecule has 0 aliphatic heterocycles. The maximum atomic E-state index is 12.4. The summed E-state index contributed by atoms with van der Waals surface area (Å²) in [7, 11) is 0. The fourth-order valence-electron chi connectivity index (χ4n) is 1.97. The first-order valence-corrected chi connectivity index (χ1v) is 6.43. The predicted octanol–water partition coefficient (Wildman–Crippen LogP) is 1.30. The second kappa shape index (κ2) is 6.13. The topological polar surface area (TPSA) is 103 Å². The highest BCUT2D eigenvalue weighted by atomic mass is 16.3. The van der Waals surface area contributed by atoms with Crippen LogP contribution in [0.15, 0.2) is 41.0 Å². The first-order valence-electron chi connectivity index (χ1n) is 6.43. The number of aryl methyl sites for hydroxylation is 1. The first kappa shape index (κ1) is 14.6. The molecule has 1 aromatic carbocycles. The highest BCUT2D eigenvalue weighted by Gasteiger charge is 2.19. The number of furan rings is 1. The second-order valence-electron chi connectivity index (χ2n) is 4.82. The van der Waals surface area contributed by atoms with Crippen LogP contribution < -0.4 is 11.5 Å². The summed E-state index contributed by atoms with van der Waals surface area (Å²) in [4.78, 5) is 25.0. The molecule has 2 rings (SSSR count). The van der Waals surface area contributed by atoms with E-state index in [0.29, 0.717) is 17.0 Å². The number of nitrogens with zero attached hydrogens (tertiary/aromatic N) is 1. The number of nitrogens with two attached hydrogens (primary N) is 2. The van der Waals surface area contributed by atoms with Crippen molar-refractivity contribution in [2.75, 3.05) is 12.3 Å². The van der Waals surface area contributed by atoms with E-state index in [1.54, 1.807) is 37.3 Å². The summed E-state index contributed by atoms with van der Waals surface area (Å²) in [5.74, 6) is -0.244. The Kier molecular flexibility index (Phi) is 4.27. The smallest absolute Gasteiger partial charge is 0.257 e. The number of carbonyl (C=O) groups excluding carboxylic acids is 2. The first-order chi connectivity index (χ1) is 9.95. The number of nitrogen functional groups attached to an aromatic ring is 1. The van der Waals surface area contributed by atoms with Crippen molar-refractivity contribution in [3.8, 4) is 0 Å². The lowest BCUT2D eigenvalue weighted by atomic mass is 10.1. The van der Waals surface area contributed by atoms with Crippen molar-refractivity contribution in [3.05, 3.63) is 53.5 Å². The van der Waals surface area contributed by atoms with Crippen LogP contribution in [0.3, 0.4) is 0 Å². The number of benzene rings is 1. The van der Waals surface area contributed by atoms with Crippen LogP contribution in [0.2, 0.25) is 0 Å². The Balaban J connectivity index is 2.19. The molecule has 0 radical (unpaired) electrons. The third-order valence-corrected chi connectivity index (χ3v) is 2.96. The van der Waals surface area contributed by atoms with E-state index in [1.807, 2.05) is 0 Å². The van der Waals surface area contributed by atoms with E-state index in [-0.39, 0.29) is 19.0 Å². The highest BCUT2D eigenvalue weighted by molar-refractivity contribution is 5.96. The molecule has 21 heavy (non-hydrogen) atoms. The van der Waals surface area contributed by atoms with Crippen molar-refractivity contribution < 1.29 is 14.0 Å². The van der Waals surface area contributed by atoms with Gasteiger partial charge in [-0.3, -0.25) is 9.59 Å². The fraction of sp³-hybridized carbons (Fsp3) is 0.200. The summed E-state index contributed by atoms with van der Waals surface area (Å²) in [6.45, 7) is 1.86. The Morgan fingerprint density at radius 3 is 2.43 bits per heavy atom. The number of carbonyl (C=O) groups is 2. The van der Waals surface area contributed by atoms with Crippen molar-refractivity contribution in [3.63, 3.8) is 0 Å². The summed E-state index contributed by atoms with van der Waals surface area (Å²) in [5.41, 5.74) is 12.7. The van der Waals surface area contributed by atoms with E-state index >= 15 is 0 Å². The number of primary amides is 1. The maximum absolute atomic E-state index is 12.4. The van der Waals surface area contributed by atoms with Gasteiger partial charge in [0, 0.05) is 12.2 Å². The van der Waals surface area contributed by atoms with Gasteiger partial charge in [0.1, 0.15) is 12.0 Å². The molecule has 1 aromatic heterocycles. The number of rotatable bonds is 5. The predicted molar refractivity (Wildman–Crippen MR) is 78.2 cm³/mol. The number of amides is 2. The lowest BCUT2D eigenvalue weighted by molar-refractivity contribution is -0.118. The molecule has 0 unspecified atom stereocenters. The van der Waals surface area contributed by atoms with Gasteiger partial charge in [0.25, 0.3) is 5.91 Å². The van der Waals surface area contributed by atoms with Crippen LogP contribution in [0, 0.1) is 6.92 Å². The zero-order valence-corrected chi connectivity index (χ0v) is 11.7. The highest BCUT2D eigenvalue weighted by Crippen LogP contribution is 2.14. The van der Waals surface area contributed by atoms with Crippen LogP contribution in [0.25, 0.3) is 0 Å². The number of hydrogen-bond donors (Lipinski definition) is 2. The van der Waals surface area contributed by atoms with E-state index in [1.165, 1.54) is 11.2 Å². The molecular formula is C15H17N3O3. The summed E-state index contributed by atoms with van der Waals surface area (Å²) < 4.78 is 5.13. The Morgan fingerprint density at radius 2 is 1.90 bits per heavy atom. The van der Waals surface area contributed by atoms with Crippen LogP contribution in [-0.2, 0) is 11.3 Å². The van der Waals surface area contributed by atoms with Crippen molar-refractivity contribution in [1.82, 2.24) is 4.90 Å². The lowest BCUT2D eigenvalue weighted by Crippen LogP contribution is -2.37. The second-order valence-corrected chi connectivity index (χ2v) is 4.82. The van der Waals surface area contributed by atoms with Gasteiger partial charge in [-0.2, -0.15) is 0 Å². The third-order valence-electron chi connectivity index (χ3n) is 2.96. The molecule has 0 bridgehead atoms. The van der Waals surface area contributed by atoms with E-state index in [2.05, 4.69) is 0 Å². The molecule has 0 aliphatic rings. The largest absolute Gasteiger partial charge is 0.469 e. The molecule has 4 N–H and O–H groups in total. The zero-order valence-electron chi connectivity index (χ0n) is 11.7. The van der Waals surface area contributed by atoms with Gasteiger partial charge in [-0.05, 0) is 30.7 Å². The van der Waals surface area contributed by atoms with Gasteiger partial charge in [0.05, 0.1) is 12.1 Å². The molecule has 6 heteroatoms. The van der Waals surface area contributed by atoms with E-state index in [9.17, 15) is 9.59 Å². The molecule has 0 fully saturated rings. The van der Waals surface area contributed by atoms with Crippen LogP contribution in [-0.4, -0.2) is 23.3 Å². The van der Waals surface area contributed by atoms with E-state index in [0.717, 1.165) is 5.56 Å². The van der Waals surface area contributed by atoms with Crippen molar-refractivity contribution in [2.45, 2.75) is 13.5 Å². The van der Waals surface area contributed by atoms with Gasteiger partial charge in [0.2, 0.25) is 5.91 Å². The molecule has 2 amide bonds. The monoisotopic (exact) mass is 287 g/mol. The van der Waals surface area contributed by atoms with Crippen molar-refractivity contribution in [1.29, 1.82) is 0 Å². The van der Waals surface area contributed by atoms with Crippen LogP contribution in [0.4, 0.5) is 5.69 Å². The quantitative estimate of drug-likeness (QED) is 0.809. The zero-order chi connectivity index (χ0) is 15.4. The van der Waals surface area contributed by atoms with E-state index < -0.39 is 5.91 Å². The summed E-state index contributed by atoms with van der Waals surface area (Å²) in [6, 6.07) is 8.71. The summed E-state index contributed by atoms with van der Waals surface area (Å²) in [5, 5.41) is 0. The summed E-state index contributed by atoms with van der Waals surface area (Å²) in [6.07, 6.45) is 1.37. The van der Waals surface area contributed by atoms with Crippen LogP contribution >= 0.6 is 0 Å². The average molecular weight is 287 g/mol. The molecule has 110 valence electrons.